The molecule has 2 atom stereocenters. The van der Waals surface area contributed by atoms with Crippen molar-refractivity contribution in [3.63, 3.8) is 0 Å². The molecule has 4 aliphatic carbocycles. The van der Waals surface area contributed by atoms with Crippen molar-refractivity contribution in [2.75, 3.05) is 30.5 Å². The summed E-state index contributed by atoms with van der Waals surface area (Å²) >= 11 is 1.40. The number of ether oxygens (including phenoxy) is 2. The first kappa shape index (κ1) is 30.4. The summed E-state index contributed by atoms with van der Waals surface area (Å²) in [4.78, 5) is 33.0. The van der Waals surface area contributed by atoms with E-state index in [1.165, 1.54) is 69.6 Å². The minimum absolute atomic E-state index is 0.0356. The highest BCUT2D eigenvalue weighted by Gasteiger charge is 2.49. The summed E-state index contributed by atoms with van der Waals surface area (Å²) in [6.07, 6.45) is 14.4. The van der Waals surface area contributed by atoms with E-state index in [2.05, 4.69) is 31.9 Å². The third kappa shape index (κ3) is 5.29. The number of benzene rings is 1. The van der Waals surface area contributed by atoms with Gasteiger partial charge in [0.05, 0.1) is 36.3 Å². The van der Waals surface area contributed by atoms with Crippen molar-refractivity contribution in [3.8, 4) is 16.9 Å². The maximum absolute atomic E-state index is 15.4. The molecule has 13 heteroatoms. The van der Waals surface area contributed by atoms with E-state index < -0.39 is 11.9 Å². The smallest absolute Gasteiger partial charge is 0.342 e. The average molecular weight is 681 g/mol. The summed E-state index contributed by atoms with van der Waals surface area (Å²) in [6, 6.07) is 7.69. The Hall–Kier alpha value is -4.65. The number of hydrogen-bond acceptors (Lipinski definition) is 11. The minimum Gasteiger partial charge on any atom is -0.487 e. The summed E-state index contributed by atoms with van der Waals surface area (Å²) in [6.45, 7) is 3.52. The number of hydrogen-bond donors (Lipinski definition) is 1. The second-order valence-corrected chi connectivity index (χ2v) is 15.3. The van der Waals surface area contributed by atoms with Crippen LogP contribution >= 0.6 is 11.3 Å². The van der Waals surface area contributed by atoms with Crippen molar-refractivity contribution in [1.82, 2.24) is 29.7 Å². The number of anilines is 4. The minimum atomic E-state index is -0.785. The number of nitrogens with one attached hydrogen (secondary N) is 1. The van der Waals surface area contributed by atoms with Crippen LogP contribution in [-0.4, -0.2) is 55.9 Å². The standard InChI is InChI=1S/C36H37FN8O3S/c1-20-24(17-40-45(20)19-36-13-21-7-8-22(14-36)12-23(11-21)15-36)25-16-39-33-30(29(25)34(46)47-2)48-10-9-44(33)28-18-38-32(31(37)42-28)43-35-41-26-5-3-4-6-27(26)49-35/h3-6,16-18,21-23H,7-15,19H2,1-2H3,(H,38,41,43). The molecule has 0 amide bonds. The largest absolute Gasteiger partial charge is 0.487 e. The molecule has 5 aromatic rings. The quantitative estimate of drug-likeness (QED) is 0.174. The highest BCUT2D eigenvalue weighted by molar-refractivity contribution is 7.22. The number of methoxy groups -OCH3 is 1. The molecular formula is C36H37FN8O3S. The van der Waals surface area contributed by atoms with Crippen LogP contribution in [0.4, 0.5) is 27.0 Å². The summed E-state index contributed by atoms with van der Waals surface area (Å²) < 4.78 is 29.9. The van der Waals surface area contributed by atoms with Gasteiger partial charge >= 0.3 is 5.97 Å². The van der Waals surface area contributed by atoms with Crippen LogP contribution in [0, 0.1) is 36.0 Å². The lowest BCUT2D eigenvalue weighted by Gasteiger charge is -2.48. The first-order valence-electron chi connectivity index (χ1n) is 17.1. The Kier molecular flexibility index (Phi) is 7.29. The van der Waals surface area contributed by atoms with E-state index in [1.807, 2.05) is 30.5 Å². The van der Waals surface area contributed by atoms with E-state index in [9.17, 15) is 4.79 Å². The topological polar surface area (TPSA) is 120 Å². The molecule has 5 aliphatic rings. The Morgan fingerprint density at radius 1 is 1.06 bits per heavy atom. The van der Waals surface area contributed by atoms with Crippen molar-refractivity contribution in [2.45, 2.75) is 58.4 Å². The lowest BCUT2D eigenvalue weighted by atomic mass is 9.58. The summed E-state index contributed by atoms with van der Waals surface area (Å²) in [5, 5.41) is 8.34. The van der Waals surface area contributed by atoms with Gasteiger partial charge in [0, 0.05) is 29.6 Å². The summed E-state index contributed by atoms with van der Waals surface area (Å²) in [5.41, 5.74) is 3.76. The van der Waals surface area contributed by atoms with E-state index in [4.69, 9.17) is 19.6 Å². The van der Waals surface area contributed by atoms with Crippen LogP contribution < -0.4 is 15.0 Å². The molecule has 4 bridgehead atoms. The molecule has 11 nitrogen and oxygen atoms in total. The maximum atomic E-state index is 15.4. The van der Waals surface area contributed by atoms with Gasteiger partial charge in [0.2, 0.25) is 0 Å². The van der Waals surface area contributed by atoms with Gasteiger partial charge in [-0.05, 0) is 74.3 Å². The molecule has 252 valence electrons. The molecule has 0 saturated heterocycles. The molecular weight excluding hydrogens is 644 g/mol. The van der Waals surface area contributed by atoms with E-state index in [0.717, 1.165) is 45.8 Å². The number of fused-ring (bicyclic) bond motifs is 3. The summed E-state index contributed by atoms with van der Waals surface area (Å²) in [7, 11) is 1.35. The van der Waals surface area contributed by atoms with Gasteiger partial charge in [-0.25, -0.2) is 19.7 Å². The third-order valence-electron chi connectivity index (χ3n) is 11.1. The molecule has 2 unspecified atom stereocenters. The number of para-hydroxylation sites is 1. The number of nitrogens with zero attached hydrogens (tertiary/aromatic N) is 7. The number of halogens is 1. The SMILES string of the molecule is COC(=O)c1c(-c2cnn(CC34CC5CCC(CC(C5)C3)C4)c2C)cnc2c1OCCN2c1cnc(Nc2nc3ccccc3s2)c(F)n1. The lowest BCUT2D eigenvalue weighted by molar-refractivity contribution is 0.0169. The Balaban J connectivity index is 1.02. The Morgan fingerprint density at radius 3 is 2.63 bits per heavy atom. The third-order valence-corrected chi connectivity index (χ3v) is 12.0. The fourth-order valence-electron chi connectivity index (χ4n) is 9.24. The Bertz CT molecular complexity index is 2050. The van der Waals surface area contributed by atoms with Gasteiger partial charge < -0.3 is 19.7 Å². The molecule has 0 radical (unpaired) electrons. The fraction of sp³-hybridized carbons (Fsp3) is 0.444. The lowest BCUT2D eigenvalue weighted by Crippen LogP contribution is -2.40. The van der Waals surface area contributed by atoms with Crippen molar-refractivity contribution in [1.29, 1.82) is 0 Å². The van der Waals surface area contributed by atoms with Crippen molar-refractivity contribution >= 4 is 50.1 Å². The molecule has 0 spiro atoms. The van der Waals surface area contributed by atoms with Crippen LogP contribution in [0.2, 0.25) is 0 Å². The van der Waals surface area contributed by atoms with E-state index in [0.29, 0.717) is 28.5 Å². The maximum Gasteiger partial charge on any atom is 0.342 e. The first-order chi connectivity index (χ1) is 23.9. The number of aromatic nitrogens is 6. The number of thiazole rings is 1. The first-order valence-corrected chi connectivity index (χ1v) is 17.9. The Morgan fingerprint density at radius 2 is 1.86 bits per heavy atom. The van der Waals surface area contributed by atoms with Gasteiger partial charge in [-0.15, -0.1) is 0 Å². The van der Waals surface area contributed by atoms with E-state index in [1.54, 1.807) is 11.1 Å². The zero-order chi connectivity index (χ0) is 33.3. The number of pyridine rings is 1. The van der Waals surface area contributed by atoms with Crippen LogP contribution in [0.5, 0.6) is 5.75 Å². The molecule has 4 saturated carbocycles. The summed E-state index contributed by atoms with van der Waals surface area (Å²) in [5.74, 6) is 1.99. The Labute approximate surface area is 286 Å². The highest BCUT2D eigenvalue weighted by Crippen LogP contribution is 2.58. The molecule has 1 aliphatic heterocycles. The van der Waals surface area contributed by atoms with E-state index >= 15 is 4.39 Å². The molecule has 1 aromatic carbocycles. The van der Waals surface area contributed by atoms with E-state index in [-0.39, 0.29) is 29.6 Å². The number of esters is 1. The zero-order valence-corrected chi connectivity index (χ0v) is 28.3. The van der Waals surface area contributed by atoms with Crippen molar-refractivity contribution in [2.24, 2.45) is 23.2 Å². The highest BCUT2D eigenvalue weighted by atomic mass is 32.1. The normalized spacial score (nSPS) is 24.1. The van der Waals surface area contributed by atoms with Gasteiger partial charge in [-0.1, -0.05) is 36.3 Å². The number of rotatable bonds is 7. The second kappa shape index (κ2) is 11.7. The van der Waals surface area contributed by atoms with Gasteiger partial charge in [-0.2, -0.15) is 14.5 Å². The molecule has 5 heterocycles. The van der Waals surface area contributed by atoms with Crippen LogP contribution in [0.1, 0.15) is 61.0 Å². The van der Waals surface area contributed by atoms with Gasteiger partial charge in [0.25, 0.3) is 5.95 Å². The van der Waals surface area contributed by atoms with Crippen molar-refractivity contribution < 1.29 is 18.7 Å². The predicted octanol–water partition coefficient (Wildman–Crippen LogP) is 7.46. The fourth-order valence-corrected chi connectivity index (χ4v) is 10.1. The van der Waals surface area contributed by atoms with Crippen LogP contribution in [0.15, 0.2) is 42.9 Å². The molecule has 10 rings (SSSR count). The van der Waals surface area contributed by atoms with Crippen LogP contribution in [0.3, 0.4) is 0 Å². The molecule has 1 N–H and O–H groups in total. The monoisotopic (exact) mass is 680 g/mol. The van der Waals surface area contributed by atoms with Crippen molar-refractivity contribution in [3.05, 3.63) is 60.1 Å². The average Bonchev–Trinajstić information content (AvgIpc) is 3.60. The molecule has 4 fully saturated rings. The van der Waals surface area contributed by atoms with Crippen LogP contribution in [-0.2, 0) is 11.3 Å². The number of carbonyl (C=O) groups excluding carboxylic acids is 1. The number of carbonyl (C=O) groups is 1. The van der Waals surface area contributed by atoms with Crippen LogP contribution in [0.25, 0.3) is 21.3 Å². The van der Waals surface area contributed by atoms with Gasteiger partial charge in [-0.3, -0.25) is 4.68 Å². The van der Waals surface area contributed by atoms with Gasteiger partial charge in [0.15, 0.2) is 28.3 Å². The zero-order valence-electron chi connectivity index (χ0n) is 27.5. The van der Waals surface area contributed by atoms with Gasteiger partial charge in [0.1, 0.15) is 12.2 Å². The predicted molar refractivity (Wildman–Crippen MR) is 184 cm³/mol. The molecule has 4 aromatic heterocycles. The molecule has 49 heavy (non-hydrogen) atoms. The second-order valence-electron chi connectivity index (χ2n) is 14.2.